The van der Waals surface area contributed by atoms with Gasteiger partial charge in [-0.2, -0.15) is 0 Å². The summed E-state index contributed by atoms with van der Waals surface area (Å²) in [6.07, 6.45) is 4.33. The number of hydrogen-bond donors (Lipinski definition) is 2. The molecule has 0 radical (unpaired) electrons. The molecule has 0 aromatic heterocycles. The minimum atomic E-state index is -0.797. The molecule has 16 heavy (non-hydrogen) atoms. The Morgan fingerprint density at radius 3 is 2.56 bits per heavy atom. The second-order valence-corrected chi connectivity index (χ2v) is 5.18. The first-order valence-corrected chi connectivity index (χ1v) is 5.76. The van der Waals surface area contributed by atoms with E-state index in [-0.39, 0.29) is 17.8 Å². The van der Waals surface area contributed by atoms with Crippen LogP contribution in [0.1, 0.15) is 19.3 Å². The third kappa shape index (κ3) is 1.10. The Bertz CT molecular complexity index is 398. The van der Waals surface area contributed by atoms with Crippen molar-refractivity contribution in [3.05, 3.63) is 11.6 Å². The van der Waals surface area contributed by atoms with Crippen LogP contribution in [0.5, 0.6) is 0 Å². The highest BCUT2D eigenvalue weighted by molar-refractivity contribution is 5.76. The molecule has 0 aromatic carbocycles. The molecule has 0 amide bonds. The summed E-state index contributed by atoms with van der Waals surface area (Å²) < 4.78 is 0. The summed E-state index contributed by atoms with van der Waals surface area (Å²) in [7, 11) is 0. The summed E-state index contributed by atoms with van der Waals surface area (Å²) in [5.74, 6) is -1.81. The van der Waals surface area contributed by atoms with Crippen molar-refractivity contribution >= 4 is 11.9 Å². The van der Waals surface area contributed by atoms with Crippen LogP contribution in [0.25, 0.3) is 0 Å². The molecule has 3 rings (SSSR count). The van der Waals surface area contributed by atoms with E-state index in [9.17, 15) is 9.59 Å². The first-order valence-electron chi connectivity index (χ1n) is 5.76. The predicted octanol–water partition coefficient (Wildman–Crippen LogP) is 1.37. The van der Waals surface area contributed by atoms with E-state index >= 15 is 0 Å². The number of allylic oxidation sites excluding steroid dienone is 1. The standard InChI is InChI=1S/C12H14O4/c13-11(14)7-2-1-6-5-3-8(10(6)7)9(4-5)12(15)16/h4,6-10H,1-3H2,(H,13,14)(H,15,16). The molecule has 2 saturated carbocycles. The molecule has 86 valence electrons. The van der Waals surface area contributed by atoms with Crippen LogP contribution in [0.2, 0.25) is 0 Å². The van der Waals surface area contributed by atoms with Gasteiger partial charge in [0.1, 0.15) is 0 Å². The fourth-order valence-corrected chi connectivity index (χ4v) is 4.07. The zero-order chi connectivity index (χ0) is 11.4. The highest BCUT2D eigenvalue weighted by Gasteiger charge is 2.56. The van der Waals surface area contributed by atoms with Crippen molar-refractivity contribution in [3.8, 4) is 0 Å². The molecule has 4 heteroatoms. The maximum absolute atomic E-state index is 11.1. The van der Waals surface area contributed by atoms with Crippen molar-refractivity contribution in [1.82, 2.24) is 0 Å². The van der Waals surface area contributed by atoms with Crippen molar-refractivity contribution < 1.29 is 19.8 Å². The van der Waals surface area contributed by atoms with Crippen molar-refractivity contribution in [2.75, 3.05) is 0 Å². The van der Waals surface area contributed by atoms with Gasteiger partial charge in [0.05, 0.1) is 11.8 Å². The van der Waals surface area contributed by atoms with Gasteiger partial charge < -0.3 is 10.2 Å². The van der Waals surface area contributed by atoms with Crippen molar-refractivity contribution in [3.63, 3.8) is 0 Å². The van der Waals surface area contributed by atoms with E-state index in [1.807, 2.05) is 6.08 Å². The summed E-state index contributed by atoms with van der Waals surface area (Å²) >= 11 is 0. The SMILES string of the molecule is O=C(O)C1C=C2CC1C1C(C(=O)O)CCC21. The van der Waals surface area contributed by atoms with Crippen LogP contribution in [0.3, 0.4) is 0 Å². The van der Waals surface area contributed by atoms with Gasteiger partial charge >= 0.3 is 11.9 Å². The summed E-state index contributed by atoms with van der Waals surface area (Å²) in [5, 5.41) is 18.2. The molecule has 0 aromatic rings. The average Bonchev–Trinajstić information content (AvgIpc) is 2.87. The second-order valence-electron chi connectivity index (χ2n) is 5.18. The van der Waals surface area contributed by atoms with E-state index in [4.69, 9.17) is 10.2 Å². The van der Waals surface area contributed by atoms with Crippen LogP contribution in [-0.4, -0.2) is 22.2 Å². The predicted molar refractivity (Wildman–Crippen MR) is 54.7 cm³/mol. The minimum Gasteiger partial charge on any atom is -0.481 e. The van der Waals surface area contributed by atoms with Gasteiger partial charge in [-0.1, -0.05) is 11.6 Å². The summed E-state index contributed by atoms with van der Waals surface area (Å²) in [4.78, 5) is 22.2. The number of fused-ring (bicyclic) bond motifs is 5. The van der Waals surface area contributed by atoms with Gasteiger partial charge in [0.15, 0.2) is 0 Å². The summed E-state index contributed by atoms with van der Waals surface area (Å²) in [6.45, 7) is 0. The summed E-state index contributed by atoms with van der Waals surface area (Å²) in [5.41, 5.74) is 1.21. The molecule has 0 aliphatic heterocycles. The highest BCUT2D eigenvalue weighted by atomic mass is 16.4. The lowest BCUT2D eigenvalue weighted by atomic mass is 9.76. The number of aliphatic carboxylic acids is 2. The first-order chi connectivity index (χ1) is 7.59. The molecule has 2 N–H and O–H groups in total. The molecule has 5 atom stereocenters. The maximum atomic E-state index is 11.1. The Morgan fingerprint density at radius 2 is 1.94 bits per heavy atom. The molecule has 2 bridgehead atoms. The number of carboxylic acids is 2. The van der Waals surface area contributed by atoms with Gasteiger partial charge in [-0.3, -0.25) is 9.59 Å². The highest BCUT2D eigenvalue weighted by Crippen LogP contribution is 2.59. The molecule has 3 aliphatic carbocycles. The lowest BCUT2D eigenvalue weighted by Crippen LogP contribution is -2.32. The Balaban J connectivity index is 1.93. The smallest absolute Gasteiger partial charge is 0.310 e. The van der Waals surface area contributed by atoms with Gasteiger partial charge in [0.2, 0.25) is 0 Å². The molecular formula is C12H14O4. The Hall–Kier alpha value is -1.32. The number of carboxylic acid groups (broad SMARTS) is 2. The van der Waals surface area contributed by atoms with Crippen molar-refractivity contribution in [2.24, 2.45) is 29.6 Å². The van der Waals surface area contributed by atoms with Crippen LogP contribution >= 0.6 is 0 Å². The van der Waals surface area contributed by atoms with Crippen LogP contribution in [0.4, 0.5) is 0 Å². The number of carbonyl (C=O) groups is 2. The Labute approximate surface area is 93.0 Å². The zero-order valence-electron chi connectivity index (χ0n) is 8.80. The zero-order valence-corrected chi connectivity index (χ0v) is 8.80. The van der Waals surface area contributed by atoms with E-state index < -0.39 is 17.9 Å². The van der Waals surface area contributed by atoms with E-state index in [0.717, 1.165) is 12.8 Å². The van der Waals surface area contributed by atoms with Crippen LogP contribution in [-0.2, 0) is 9.59 Å². The average molecular weight is 222 g/mol. The molecule has 0 saturated heterocycles. The van der Waals surface area contributed by atoms with Gasteiger partial charge in [0.25, 0.3) is 0 Å². The maximum Gasteiger partial charge on any atom is 0.310 e. The Kier molecular flexibility index (Phi) is 1.91. The molecule has 5 unspecified atom stereocenters. The monoisotopic (exact) mass is 222 g/mol. The van der Waals surface area contributed by atoms with Crippen molar-refractivity contribution in [2.45, 2.75) is 19.3 Å². The molecule has 0 spiro atoms. The van der Waals surface area contributed by atoms with Crippen molar-refractivity contribution in [1.29, 1.82) is 0 Å². The van der Waals surface area contributed by atoms with E-state index in [1.165, 1.54) is 5.57 Å². The third-order valence-corrected chi connectivity index (χ3v) is 4.62. The molecule has 4 nitrogen and oxygen atoms in total. The number of rotatable bonds is 2. The molecule has 0 heterocycles. The van der Waals surface area contributed by atoms with Crippen LogP contribution < -0.4 is 0 Å². The van der Waals surface area contributed by atoms with Gasteiger partial charge in [-0.25, -0.2) is 0 Å². The molecular weight excluding hydrogens is 208 g/mol. The molecule has 2 fully saturated rings. The van der Waals surface area contributed by atoms with Gasteiger partial charge in [-0.05, 0) is 37.0 Å². The largest absolute Gasteiger partial charge is 0.481 e. The van der Waals surface area contributed by atoms with Gasteiger partial charge in [-0.15, -0.1) is 0 Å². The lowest BCUT2D eigenvalue weighted by Gasteiger charge is -2.27. The van der Waals surface area contributed by atoms with E-state index in [0.29, 0.717) is 12.3 Å². The van der Waals surface area contributed by atoms with Crippen LogP contribution in [0, 0.1) is 29.6 Å². The third-order valence-electron chi connectivity index (χ3n) is 4.62. The van der Waals surface area contributed by atoms with Gasteiger partial charge in [0, 0.05) is 0 Å². The van der Waals surface area contributed by atoms with Crippen LogP contribution in [0.15, 0.2) is 11.6 Å². The lowest BCUT2D eigenvalue weighted by molar-refractivity contribution is -0.147. The first kappa shape index (κ1) is 9.87. The number of hydrogen-bond acceptors (Lipinski definition) is 2. The quantitative estimate of drug-likeness (QED) is 0.692. The Morgan fingerprint density at radius 1 is 1.19 bits per heavy atom. The normalized spacial score (nSPS) is 44.2. The molecule has 3 aliphatic rings. The van der Waals surface area contributed by atoms with E-state index in [1.54, 1.807) is 0 Å². The fourth-order valence-electron chi connectivity index (χ4n) is 4.07. The van der Waals surface area contributed by atoms with E-state index in [2.05, 4.69) is 0 Å². The second kappa shape index (κ2) is 3.09. The fraction of sp³-hybridized carbons (Fsp3) is 0.667. The summed E-state index contributed by atoms with van der Waals surface area (Å²) in [6, 6.07) is 0. The minimum absolute atomic E-state index is 0.0427. The topological polar surface area (TPSA) is 74.6 Å².